The molecule has 2 amide bonds. The van der Waals surface area contributed by atoms with Crippen LogP contribution in [0.25, 0.3) is 22.4 Å². The van der Waals surface area contributed by atoms with Crippen molar-refractivity contribution in [3.63, 3.8) is 0 Å². The van der Waals surface area contributed by atoms with E-state index >= 15 is 0 Å². The first-order valence-corrected chi connectivity index (χ1v) is 10.7. The normalized spacial score (nSPS) is 10.5. The topological polar surface area (TPSA) is 71.1 Å². The second-order valence-corrected chi connectivity index (χ2v) is 7.90. The molecule has 0 aliphatic rings. The van der Waals surface area contributed by atoms with E-state index in [1.165, 1.54) is 18.3 Å². The minimum Gasteiger partial charge on any atom is -0.352 e. The molecule has 1 aromatic heterocycles. The lowest BCUT2D eigenvalue weighted by molar-refractivity contribution is -0.119. The van der Waals surface area contributed by atoms with Gasteiger partial charge in [0.05, 0.1) is 5.69 Å². The molecule has 5 nitrogen and oxygen atoms in total. The maximum absolute atomic E-state index is 12.6. The van der Waals surface area contributed by atoms with E-state index < -0.39 is 0 Å². The predicted molar refractivity (Wildman–Crippen MR) is 125 cm³/mol. The van der Waals surface area contributed by atoms with Crippen molar-refractivity contribution in [3.05, 3.63) is 95.4 Å². The van der Waals surface area contributed by atoms with Crippen molar-refractivity contribution < 1.29 is 9.59 Å². The van der Waals surface area contributed by atoms with Gasteiger partial charge in [-0.25, -0.2) is 4.98 Å². The van der Waals surface area contributed by atoms with Crippen LogP contribution in [0.5, 0.6) is 0 Å². The summed E-state index contributed by atoms with van der Waals surface area (Å²) in [7, 11) is 0. The summed E-state index contributed by atoms with van der Waals surface area (Å²) in [5.74, 6) is -0.246. The van der Waals surface area contributed by atoms with Gasteiger partial charge in [-0.15, -0.1) is 11.3 Å². The summed E-state index contributed by atoms with van der Waals surface area (Å²) in [6.07, 6.45) is 0. The molecule has 0 radical (unpaired) electrons. The van der Waals surface area contributed by atoms with Crippen molar-refractivity contribution in [2.75, 3.05) is 5.32 Å². The quantitative estimate of drug-likeness (QED) is 0.435. The lowest BCUT2D eigenvalue weighted by atomic mass is 10.0. The Morgan fingerprint density at radius 2 is 1.48 bits per heavy atom. The van der Waals surface area contributed by atoms with Crippen molar-refractivity contribution in [1.29, 1.82) is 0 Å². The zero-order valence-electron chi connectivity index (χ0n) is 17.0. The molecular formula is C25H21N3O2S. The fraction of sp³-hybridized carbons (Fsp3) is 0.0800. The Morgan fingerprint density at radius 3 is 2.16 bits per heavy atom. The molecular weight excluding hydrogens is 406 g/mol. The van der Waals surface area contributed by atoms with E-state index in [1.54, 1.807) is 0 Å². The number of anilines is 1. The first kappa shape index (κ1) is 20.5. The van der Waals surface area contributed by atoms with Crippen molar-refractivity contribution in [2.24, 2.45) is 0 Å². The maximum atomic E-state index is 12.6. The van der Waals surface area contributed by atoms with Crippen LogP contribution in [0.1, 0.15) is 22.8 Å². The number of hydrogen-bond donors (Lipinski definition) is 2. The lowest BCUT2D eigenvalue weighted by Crippen LogP contribution is -2.18. The summed E-state index contributed by atoms with van der Waals surface area (Å²) < 4.78 is 0. The smallest absolute Gasteiger partial charge is 0.257 e. The third-order valence-corrected chi connectivity index (χ3v) is 5.53. The molecule has 0 aliphatic carbocycles. The molecule has 0 unspecified atom stereocenters. The SMILES string of the molecule is CC(=O)NCc1ccc(-c2csc(NC(=O)c3ccc(-c4ccccc4)cc3)n2)cc1. The highest BCUT2D eigenvalue weighted by Crippen LogP contribution is 2.26. The van der Waals surface area contributed by atoms with Gasteiger partial charge < -0.3 is 5.32 Å². The zero-order chi connectivity index (χ0) is 21.6. The summed E-state index contributed by atoms with van der Waals surface area (Å²) in [6.45, 7) is 1.99. The summed E-state index contributed by atoms with van der Waals surface area (Å²) >= 11 is 1.39. The number of aromatic nitrogens is 1. The van der Waals surface area contributed by atoms with Gasteiger partial charge >= 0.3 is 0 Å². The number of thiazole rings is 1. The number of amides is 2. The van der Waals surface area contributed by atoms with Crippen molar-refractivity contribution in [3.8, 4) is 22.4 Å². The zero-order valence-corrected chi connectivity index (χ0v) is 17.8. The summed E-state index contributed by atoms with van der Waals surface area (Å²) in [5, 5.41) is 8.11. The molecule has 154 valence electrons. The van der Waals surface area contributed by atoms with Gasteiger partial charge in [-0.1, -0.05) is 66.7 Å². The van der Waals surface area contributed by atoms with Gasteiger partial charge in [0.1, 0.15) is 0 Å². The standard InChI is InChI=1S/C25H21N3O2S/c1-17(29)26-15-18-7-9-21(10-8-18)23-16-31-25(27-23)28-24(30)22-13-11-20(12-14-22)19-5-3-2-4-6-19/h2-14,16H,15H2,1H3,(H,26,29)(H,27,28,30). The van der Waals surface area contributed by atoms with E-state index in [-0.39, 0.29) is 11.8 Å². The van der Waals surface area contributed by atoms with Gasteiger partial charge in [-0.3, -0.25) is 14.9 Å². The molecule has 0 saturated heterocycles. The van der Waals surface area contributed by atoms with E-state index in [9.17, 15) is 9.59 Å². The molecule has 4 rings (SSSR count). The number of benzene rings is 3. The van der Waals surface area contributed by atoms with Crippen LogP contribution in [-0.4, -0.2) is 16.8 Å². The van der Waals surface area contributed by atoms with Gasteiger partial charge in [0.2, 0.25) is 5.91 Å². The second kappa shape index (κ2) is 9.36. The maximum Gasteiger partial charge on any atom is 0.257 e. The number of hydrogen-bond acceptors (Lipinski definition) is 4. The van der Waals surface area contributed by atoms with Gasteiger partial charge in [0.15, 0.2) is 5.13 Å². The van der Waals surface area contributed by atoms with E-state index in [0.29, 0.717) is 17.2 Å². The molecule has 1 heterocycles. The van der Waals surface area contributed by atoms with Gasteiger partial charge in [0.25, 0.3) is 5.91 Å². The third-order valence-electron chi connectivity index (χ3n) is 4.77. The summed E-state index contributed by atoms with van der Waals surface area (Å²) in [6, 6.07) is 25.4. The minimum atomic E-state index is -0.189. The second-order valence-electron chi connectivity index (χ2n) is 7.04. The summed E-state index contributed by atoms with van der Waals surface area (Å²) in [5.41, 5.74) is 5.53. The molecule has 0 atom stereocenters. The Kier molecular flexibility index (Phi) is 6.19. The van der Waals surface area contributed by atoms with Crippen LogP contribution < -0.4 is 10.6 Å². The average Bonchev–Trinajstić information content (AvgIpc) is 3.27. The number of nitrogens with zero attached hydrogens (tertiary/aromatic N) is 1. The van der Waals surface area contributed by atoms with Crippen molar-refractivity contribution >= 4 is 28.3 Å². The van der Waals surface area contributed by atoms with E-state index in [1.807, 2.05) is 84.2 Å². The Morgan fingerprint density at radius 1 is 0.839 bits per heavy atom. The molecule has 0 saturated carbocycles. The average molecular weight is 428 g/mol. The molecule has 6 heteroatoms. The molecule has 0 bridgehead atoms. The van der Waals surface area contributed by atoms with Crippen LogP contribution in [-0.2, 0) is 11.3 Å². The minimum absolute atomic E-state index is 0.0568. The van der Waals surface area contributed by atoms with Crippen molar-refractivity contribution in [1.82, 2.24) is 10.3 Å². The molecule has 0 spiro atoms. The predicted octanol–water partition coefficient (Wildman–Crippen LogP) is 5.37. The van der Waals surface area contributed by atoms with Crippen LogP contribution in [0.4, 0.5) is 5.13 Å². The Bertz CT molecular complexity index is 1180. The fourth-order valence-electron chi connectivity index (χ4n) is 3.10. The molecule has 2 N–H and O–H groups in total. The van der Waals surface area contributed by atoms with E-state index in [0.717, 1.165) is 27.9 Å². The van der Waals surface area contributed by atoms with Crippen LogP contribution in [0.3, 0.4) is 0 Å². The van der Waals surface area contributed by atoms with Crippen LogP contribution >= 0.6 is 11.3 Å². The van der Waals surface area contributed by atoms with E-state index in [4.69, 9.17) is 0 Å². The first-order valence-electron chi connectivity index (χ1n) is 9.84. The van der Waals surface area contributed by atoms with Crippen LogP contribution in [0.2, 0.25) is 0 Å². The Labute approximate surface area is 184 Å². The molecule has 31 heavy (non-hydrogen) atoms. The number of carbonyl (C=O) groups excluding carboxylic acids is 2. The monoisotopic (exact) mass is 427 g/mol. The third kappa shape index (κ3) is 5.24. The highest BCUT2D eigenvalue weighted by molar-refractivity contribution is 7.14. The van der Waals surface area contributed by atoms with Crippen LogP contribution in [0.15, 0.2) is 84.2 Å². The summed E-state index contributed by atoms with van der Waals surface area (Å²) in [4.78, 5) is 28.2. The highest BCUT2D eigenvalue weighted by Gasteiger charge is 2.10. The highest BCUT2D eigenvalue weighted by atomic mass is 32.1. The Hall–Kier alpha value is -3.77. The number of rotatable bonds is 6. The fourth-order valence-corrected chi connectivity index (χ4v) is 3.81. The molecule has 0 fully saturated rings. The first-order chi connectivity index (χ1) is 15.1. The van der Waals surface area contributed by atoms with Crippen LogP contribution in [0, 0.1) is 0 Å². The van der Waals surface area contributed by atoms with Gasteiger partial charge in [0, 0.05) is 30.0 Å². The van der Waals surface area contributed by atoms with Gasteiger partial charge in [-0.2, -0.15) is 0 Å². The molecule has 3 aromatic carbocycles. The number of nitrogens with one attached hydrogen (secondary N) is 2. The van der Waals surface area contributed by atoms with Gasteiger partial charge in [-0.05, 0) is 28.8 Å². The van der Waals surface area contributed by atoms with Crippen molar-refractivity contribution in [2.45, 2.75) is 13.5 Å². The molecule has 0 aliphatic heterocycles. The van der Waals surface area contributed by atoms with E-state index in [2.05, 4.69) is 15.6 Å². The Balaban J connectivity index is 1.40. The lowest BCUT2D eigenvalue weighted by Gasteiger charge is -2.05. The largest absolute Gasteiger partial charge is 0.352 e. The molecule has 4 aromatic rings. The number of carbonyl (C=O) groups is 2.